The lowest BCUT2D eigenvalue weighted by molar-refractivity contribution is -0.115. The van der Waals surface area contributed by atoms with Gasteiger partial charge in [-0.1, -0.05) is 44.5 Å². The van der Waals surface area contributed by atoms with Crippen molar-refractivity contribution in [3.63, 3.8) is 0 Å². The van der Waals surface area contributed by atoms with Gasteiger partial charge >= 0.3 is 0 Å². The third-order valence-corrected chi connectivity index (χ3v) is 6.99. The van der Waals surface area contributed by atoms with Gasteiger partial charge in [0.2, 0.25) is 5.91 Å². The number of nitrogens with one attached hydrogen (secondary N) is 2. The average Bonchev–Trinajstić information content (AvgIpc) is 3.02. The number of thiophene rings is 1. The Balaban J connectivity index is 1.65. The number of nitrogens with zero attached hydrogens (tertiary/aromatic N) is 1. The molecule has 30 heavy (non-hydrogen) atoms. The number of hydrogen-bond acceptors (Lipinski definition) is 4. The number of anilines is 1. The smallest absolute Gasteiger partial charge is 0.250 e. The van der Waals surface area contributed by atoms with Crippen LogP contribution in [0.1, 0.15) is 48.8 Å². The van der Waals surface area contributed by atoms with Crippen molar-refractivity contribution in [1.82, 2.24) is 5.32 Å². The van der Waals surface area contributed by atoms with Gasteiger partial charge in [-0.2, -0.15) is 5.26 Å². The van der Waals surface area contributed by atoms with Gasteiger partial charge in [-0.05, 0) is 72.1 Å². The summed E-state index contributed by atoms with van der Waals surface area (Å²) < 4.78 is 0. The molecule has 0 radical (unpaired) electrons. The summed E-state index contributed by atoms with van der Waals surface area (Å²) in [6.07, 6.45) is 6.06. The molecule has 1 aliphatic rings. The minimum atomic E-state index is -0.338. The van der Waals surface area contributed by atoms with E-state index in [1.165, 1.54) is 11.0 Å². The number of benzene rings is 1. The summed E-state index contributed by atoms with van der Waals surface area (Å²) in [5.41, 5.74) is 2.87. The first kappa shape index (κ1) is 22.5. The fourth-order valence-electron chi connectivity index (χ4n) is 3.57. The van der Waals surface area contributed by atoms with Crippen LogP contribution in [0.2, 0.25) is 5.02 Å². The highest BCUT2D eigenvalue weighted by Gasteiger charge is 2.32. The number of carbonyl (C=O) groups excluding carboxylic acids is 1. The predicted octanol–water partition coefficient (Wildman–Crippen LogP) is 5.95. The van der Waals surface area contributed by atoms with E-state index in [-0.39, 0.29) is 16.4 Å². The topological polar surface area (TPSA) is 64.9 Å². The summed E-state index contributed by atoms with van der Waals surface area (Å²) >= 11 is 12.7. The average molecular weight is 458 g/mol. The summed E-state index contributed by atoms with van der Waals surface area (Å²) in [5.74, 6) is 0.253. The maximum Gasteiger partial charge on any atom is 0.250 e. The molecule has 0 saturated heterocycles. The molecule has 3 rings (SSSR count). The number of rotatable bonds is 3. The standard InChI is InChI=1S/C23H24ClN3OS2/c1-23(2,3)15-7-10-17-18(13-25)21(30-19(17)12-15)27-22(29)26-20(28)11-6-14-4-8-16(24)9-5-14/h4-6,8-9,11,15H,7,10,12H2,1-3H3,(H2,26,27,28,29)/b11-6+/t15-/m0/s1. The van der Waals surface area contributed by atoms with Crippen molar-refractivity contribution in [3.05, 3.63) is 56.9 Å². The van der Waals surface area contributed by atoms with Crippen LogP contribution < -0.4 is 10.6 Å². The van der Waals surface area contributed by atoms with Gasteiger partial charge in [0.1, 0.15) is 11.1 Å². The van der Waals surface area contributed by atoms with Gasteiger partial charge in [0.15, 0.2) is 5.11 Å². The lowest BCUT2D eigenvalue weighted by Gasteiger charge is -2.33. The van der Waals surface area contributed by atoms with Gasteiger partial charge in [0.25, 0.3) is 0 Å². The molecule has 1 heterocycles. The fourth-order valence-corrected chi connectivity index (χ4v) is 5.24. The molecule has 0 spiro atoms. The van der Waals surface area contributed by atoms with Crippen molar-refractivity contribution in [3.8, 4) is 6.07 Å². The summed E-state index contributed by atoms with van der Waals surface area (Å²) in [4.78, 5) is 13.4. The summed E-state index contributed by atoms with van der Waals surface area (Å²) in [5, 5.41) is 16.9. The molecule has 1 aromatic carbocycles. The van der Waals surface area contributed by atoms with E-state index in [0.717, 1.165) is 30.4 Å². The van der Waals surface area contributed by atoms with Crippen LogP contribution in [0.15, 0.2) is 30.3 Å². The van der Waals surface area contributed by atoms with Crippen LogP contribution in [0, 0.1) is 22.7 Å². The SMILES string of the molecule is CC(C)(C)[C@H]1CCc2c(sc(NC(=S)NC(=O)/C=C/c3ccc(Cl)cc3)c2C#N)C1. The molecular weight excluding hydrogens is 434 g/mol. The van der Waals surface area contributed by atoms with E-state index < -0.39 is 0 Å². The van der Waals surface area contributed by atoms with Crippen LogP contribution in [0.25, 0.3) is 6.08 Å². The molecule has 1 atom stereocenters. The van der Waals surface area contributed by atoms with Crippen LogP contribution >= 0.6 is 35.2 Å². The zero-order chi connectivity index (χ0) is 21.9. The Morgan fingerprint density at radius 2 is 2.03 bits per heavy atom. The summed E-state index contributed by atoms with van der Waals surface area (Å²) in [7, 11) is 0. The van der Waals surface area contributed by atoms with E-state index in [2.05, 4.69) is 37.5 Å². The van der Waals surface area contributed by atoms with Crippen LogP contribution in [-0.4, -0.2) is 11.0 Å². The van der Waals surface area contributed by atoms with Crippen LogP contribution in [0.5, 0.6) is 0 Å². The summed E-state index contributed by atoms with van der Waals surface area (Å²) in [6.45, 7) is 6.80. The second-order valence-corrected chi connectivity index (χ2v) is 10.4. The maximum atomic E-state index is 12.2. The maximum absolute atomic E-state index is 12.2. The van der Waals surface area contributed by atoms with Gasteiger partial charge in [0.05, 0.1) is 5.56 Å². The second kappa shape index (κ2) is 9.30. The molecule has 0 bridgehead atoms. The Hall–Kier alpha value is -2.20. The lowest BCUT2D eigenvalue weighted by Crippen LogP contribution is -2.32. The third kappa shape index (κ3) is 5.48. The van der Waals surface area contributed by atoms with Crippen molar-refractivity contribution in [2.45, 2.75) is 40.0 Å². The normalized spacial score (nSPS) is 16.0. The molecule has 4 nitrogen and oxygen atoms in total. The number of thiocarbonyl (C=S) groups is 1. The van der Waals surface area contributed by atoms with Gasteiger partial charge in [0, 0.05) is 16.0 Å². The molecule has 2 N–H and O–H groups in total. The molecule has 0 fully saturated rings. The number of nitriles is 1. The first-order valence-corrected chi connectivity index (χ1v) is 11.4. The fraction of sp³-hybridized carbons (Fsp3) is 0.348. The van der Waals surface area contributed by atoms with E-state index in [1.807, 2.05) is 12.1 Å². The molecule has 7 heteroatoms. The molecule has 1 aliphatic carbocycles. The Bertz CT molecular complexity index is 1030. The second-order valence-electron chi connectivity index (χ2n) is 8.45. The number of carbonyl (C=O) groups is 1. The first-order valence-electron chi connectivity index (χ1n) is 9.77. The highest BCUT2D eigenvalue weighted by Crippen LogP contribution is 2.43. The van der Waals surface area contributed by atoms with E-state index in [4.69, 9.17) is 23.8 Å². The summed E-state index contributed by atoms with van der Waals surface area (Å²) in [6, 6.07) is 9.49. The zero-order valence-electron chi connectivity index (χ0n) is 17.2. The number of hydrogen-bond donors (Lipinski definition) is 2. The Morgan fingerprint density at radius 3 is 2.67 bits per heavy atom. The molecule has 0 saturated carbocycles. The first-order chi connectivity index (χ1) is 14.2. The van der Waals surface area contributed by atoms with Crippen molar-refractivity contribution in [2.24, 2.45) is 11.3 Å². The van der Waals surface area contributed by atoms with E-state index in [1.54, 1.807) is 29.5 Å². The minimum absolute atomic E-state index is 0.184. The molecule has 0 unspecified atom stereocenters. The molecule has 1 amide bonds. The van der Waals surface area contributed by atoms with Gasteiger partial charge in [-0.25, -0.2) is 0 Å². The van der Waals surface area contributed by atoms with Crippen molar-refractivity contribution < 1.29 is 4.79 Å². The highest BCUT2D eigenvalue weighted by atomic mass is 35.5. The predicted molar refractivity (Wildman–Crippen MR) is 129 cm³/mol. The van der Waals surface area contributed by atoms with Gasteiger partial charge in [-0.15, -0.1) is 11.3 Å². The third-order valence-electron chi connectivity index (χ3n) is 5.36. The Kier molecular flexibility index (Phi) is 6.97. The lowest BCUT2D eigenvalue weighted by atomic mass is 9.72. The highest BCUT2D eigenvalue weighted by molar-refractivity contribution is 7.80. The van der Waals surface area contributed by atoms with Crippen LogP contribution in [0.3, 0.4) is 0 Å². The number of halogens is 1. The molecular formula is C23H24ClN3OS2. The quantitative estimate of drug-likeness (QED) is 0.441. The zero-order valence-corrected chi connectivity index (χ0v) is 19.6. The van der Waals surface area contributed by atoms with Gasteiger partial charge < -0.3 is 5.32 Å². The molecule has 2 aromatic rings. The molecule has 0 aliphatic heterocycles. The van der Waals surface area contributed by atoms with Crippen molar-refractivity contribution in [1.29, 1.82) is 5.26 Å². The Labute approximate surface area is 191 Å². The van der Waals surface area contributed by atoms with Gasteiger partial charge in [-0.3, -0.25) is 10.1 Å². The minimum Gasteiger partial charge on any atom is -0.323 e. The van der Waals surface area contributed by atoms with Crippen molar-refractivity contribution >= 4 is 57.3 Å². The molecule has 1 aromatic heterocycles. The van der Waals surface area contributed by atoms with E-state index in [9.17, 15) is 10.1 Å². The Morgan fingerprint density at radius 1 is 1.33 bits per heavy atom. The van der Waals surface area contributed by atoms with E-state index >= 15 is 0 Å². The van der Waals surface area contributed by atoms with Crippen LogP contribution in [-0.2, 0) is 17.6 Å². The van der Waals surface area contributed by atoms with Crippen molar-refractivity contribution in [2.75, 3.05) is 5.32 Å². The number of amides is 1. The van der Waals surface area contributed by atoms with Crippen LogP contribution in [0.4, 0.5) is 5.00 Å². The molecule has 156 valence electrons. The largest absolute Gasteiger partial charge is 0.323 e. The monoisotopic (exact) mass is 457 g/mol. The van der Waals surface area contributed by atoms with E-state index in [0.29, 0.717) is 21.5 Å². The number of fused-ring (bicyclic) bond motifs is 1.